The van der Waals surface area contributed by atoms with Crippen LogP contribution in [0, 0.1) is 0 Å². The first-order valence-corrected chi connectivity index (χ1v) is 7.87. The van der Waals surface area contributed by atoms with Crippen LogP contribution in [-0.4, -0.2) is 45.7 Å². The fourth-order valence-electron chi connectivity index (χ4n) is 1.47. The number of nitrogens with zero attached hydrogens (tertiary/aromatic N) is 4. The summed E-state index contributed by atoms with van der Waals surface area (Å²) in [5.74, 6) is 0.679. The zero-order valence-corrected chi connectivity index (χ0v) is 11.7. The first kappa shape index (κ1) is 13.4. The van der Waals surface area contributed by atoms with Crippen molar-refractivity contribution in [3.05, 3.63) is 5.82 Å². The number of rotatable bonds is 6. The van der Waals surface area contributed by atoms with Crippen molar-refractivity contribution in [3.63, 3.8) is 0 Å². The minimum atomic E-state index is -3.15. The van der Waals surface area contributed by atoms with E-state index in [2.05, 4.69) is 20.8 Å². The van der Waals surface area contributed by atoms with Gasteiger partial charge in [0.1, 0.15) is 0 Å². The average Bonchev–Trinajstić information content (AvgIpc) is 2.96. The third kappa shape index (κ3) is 3.05. The Morgan fingerprint density at radius 1 is 1.44 bits per heavy atom. The third-order valence-electron chi connectivity index (χ3n) is 3.27. The summed E-state index contributed by atoms with van der Waals surface area (Å²) >= 11 is 0. The van der Waals surface area contributed by atoms with E-state index < -0.39 is 14.6 Å². The maximum atomic E-state index is 11.7. The van der Waals surface area contributed by atoms with Crippen LogP contribution >= 0.6 is 0 Å². The maximum Gasteiger partial charge on any atom is 0.165 e. The summed E-state index contributed by atoms with van der Waals surface area (Å²) in [6, 6.07) is 0.568. The van der Waals surface area contributed by atoms with Crippen molar-refractivity contribution in [3.8, 4) is 0 Å². The van der Waals surface area contributed by atoms with Crippen LogP contribution in [0.25, 0.3) is 0 Å². The van der Waals surface area contributed by atoms with Crippen molar-refractivity contribution >= 4 is 9.84 Å². The summed E-state index contributed by atoms with van der Waals surface area (Å²) in [4.78, 5) is 0. The van der Waals surface area contributed by atoms with Crippen molar-refractivity contribution in [2.24, 2.45) is 0 Å². The molecule has 0 aromatic carbocycles. The lowest BCUT2D eigenvalue weighted by molar-refractivity contribution is 0.452. The fraction of sp³-hybridized carbons (Fsp3) is 0.900. The summed E-state index contributed by atoms with van der Waals surface area (Å²) < 4.78 is 24.0. The highest BCUT2D eigenvalue weighted by Crippen LogP contribution is 2.20. The van der Waals surface area contributed by atoms with Gasteiger partial charge in [0.15, 0.2) is 15.7 Å². The summed E-state index contributed by atoms with van der Waals surface area (Å²) in [5.41, 5.74) is 0. The first-order valence-electron chi connectivity index (χ1n) is 5.97. The molecule has 2 rings (SSSR count). The largest absolute Gasteiger partial charge is 0.307 e. The molecule has 18 heavy (non-hydrogen) atoms. The van der Waals surface area contributed by atoms with Gasteiger partial charge in [0.25, 0.3) is 0 Å². The lowest BCUT2D eigenvalue weighted by atomic mass is 10.2. The quantitative estimate of drug-likeness (QED) is 0.768. The molecule has 1 aliphatic carbocycles. The highest BCUT2D eigenvalue weighted by atomic mass is 32.2. The SMILES string of the molecule is CC(C)(Cn1nnnc1CNC1CC1)S(C)(=O)=O. The third-order valence-corrected chi connectivity index (χ3v) is 5.40. The second-order valence-electron chi connectivity index (χ2n) is 5.44. The molecular formula is C10H19N5O2S. The van der Waals surface area contributed by atoms with Crippen molar-refractivity contribution in [2.75, 3.05) is 6.26 Å². The van der Waals surface area contributed by atoms with Crippen molar-refractivity contribution < 1.29 is 8.42 Å². The molecule has 1 aromatic rings. The van der Waals surface area contributed by atoms with Crippen molar-refractivity contribution in [1.29, 1.82) is 0 Å². The molecule has 0 atom stereocenters. The molecule has 0 saturated heterocycles. The van der Waals surface area contributed by atoms with Gasteiger partial charge in [0, 0.05) is 12.3 Å². The monoisotopic (exact) mass is 273 g/mol. The maximum absolute atomic E-state index is 11.7. The van der Waals surface area contributed by atoms with Crippen LogP contribution in [0.1, 0.15) is 32.5 Å². The molecule has 1 aromatic heterocycles. The van der Waals surface area contributed by atoms with Crippen molar-refractivity contribution in [1.82, 2.24) is 25.5 Å². The number of nitrogens with one attached hydrogen (secondary N) is 1. The summed E-state index contributed by atoms with van der Waals surface area (Å²) in [5, 5.41) is 14.7. The molecule has 1 saturated carbocycles. The number of hydrogen-bond donors (Lipinski definition) is 1. The van der Waals surface area contributed by atoms with E-state index in [0.717, 1.165) is 0 Å². The van der Waals surface area contributed by atoms with Crippen LogP contribution < -0.4 is 5.32 Å². The van der Waals surface area contributed by atoms with E-state index in [0.29, 0.717) is 18.4 Å². The molecule has 0 unspecified atom stereocenters. The Morgan fingerprint density at radius 2 is 2.11 bits per heavy atom. The molecule has 0 aliphatic heterocycles. The lowest BCUT2D eigenvalue weighted by Gasteiger charge is -2.22. The Bertz CT molecular complexity index is 518. The smallest absolute Gasteiger partial charge is 0.165 e. The van der Waals surface area contributed by atoms with Gasteiger partial charge in [-0.15, -0.1) is 5.10 Å². The zero-order valence-electron chi connectivity index (χ0n) is 10.9. The second-order valence-corrected chi connectivity index (χ2v) is 8.09. The number of aromatic nitrogens is 4. The Balaban J connectivity index is 2.06. The van der Waals surface area contributed by atoms with Gasteiger partial charge in [0.05, 0.1) is 17.8 Å². The lowest BCUT2D eigenvalue weighted by Crippen LogP contribution is -2.37. The molecule has 0 bridgehead atoms. The fourth-order valence-corrected chi connectivity index (χ4v) is 1.83. The molecule has 1 N–H and O–H groups in total. The summed E-state index contributed by atoms with van der Waals surface area (Å²) in [6.45, 7) is 4.21. The molecule has 0 spiro atoms. The molecule has 102 valence electrons. The van der Waals surface area contributed by atoms with E-state index >= 15 is 0 Å². The van der Waals surface area contributed by atoms with E-state index in [9.17, 15) is 8.42 Å². The molecule has 8 heteroatoms. The van der Waals surface area contributed by atoms with E-state index in [-0.39, 0.29) is 6.54 Å². The summed E-state index contributed by atoms with van der Waals surface area (Å²) in [7, 11) is -3.15. The molecule has 1 heterocycles. The zero-order chi connectivity index (χ0) is 13.4. The topological polar surface area (TPSA) is 89.8 Å². The first-order chi connectivity index (χ1) is 8.29. The highest BCUT2D eigenvalue weighted by Gasteiger charge is 2.32. The van der Waals surface area contributed by atoms with Crippen LogP contribution in [0.3, 0.4) is 0 Å². The summed E-state index contributed by atoms with van der Waals surface area (Å²) in [6.07, 6.45) is 3.62. The molecule has 0 amide bonds. The van der Waals surface area contributed by atoms with Gasteiger partial charge in [-0.3, -0.25) is 0 Å². The predicted octanol–water partition coefficient (Wildman–Crippen LogP) is -0.252. The van der Waals surface area contributed by atoms with Gasteiger partial charge in [0.2, 0.25) is 0 Å². The normalized spacial score (nSPS) is 17.1. The molecule has 0 radical (unpaired) electrons. The van der Waals surface area contributed by atoms with Crippen LogP contribution in [0.2, 0.25) is 0 Å². The minimum Gasteiger partial charge on any atom is -0.307 e. The molecule has 1 aliphatic rings. The van der Waals surface area contributed by atoms with E-state index in [1.54, 1.807) is 18.5 Å². The van der Waals surface area contributed by atoms with Crippen LogP contribution in [0.5, 0.6) is 0 Å². The van der Waals surface area contributed by atoms with Crippen molar-refractivity contribution in [2.45, 2.75) is 50.6 Å². The van der Waals surface area contributed by atoms with Gasteiger partial charge >= 0.3 is 0 Å². The van der Waals surface area contributed by atoms with Gasteiger partial charge in [-0.1, -0.05) is 0 Å². The Morgan fingerprint density at radius 3 is 2.67 bits per heavy atom. The molecule has 1 fully saturated rings. The second kappa shape index (κ2) is 4.58. The number of hydrogen-bond acceptors (Lipinski definition) is 6. The molecular weight excluding hydrogens is 254 g/mol. The average molecular weight is 273 g/mol. The highest BCUT2D eigenvalue weighted by molar-refractivity contribution is 7.92. The van der Waals surface area contributed by atoms with Crippen LogP contribution in [0.4, 0.5) is 0 Å². The van der Waals surface area contributed by atoms with Gasteiger partial charge in [-0.2, -0.15) is 0 Å². The molecule has 7 nitrogen and oxygen atoms in total. The van der Waals surface area contributed by atoms with Crippen LogP contribution in [-0.2, 0) is 22.9 Å². The van der Waals surface area contributed by atoms with Gasteiger partial charge in [-0.25, -0.2) is 13.1 Å². The van der Waals surface area contributed by atoms with Crippen LogP contribution in [0.15, 0.2) is 0 Å². The Hall–Kier alpha value is -1.02. The standard InChI is InChI=1S/C10H19N5O2S/c1-10(2,18(3,16)17)7-15-9(12-13-14-15)6-11-8-4-5-8/h8,11H,4-7H2,1-3H3. The number of sulfone groups is 1. The Kier molecular flexibility index (Phi) is 3.41. The van der Waals surface area contributed by atoms with E-state index in [1.807, 2.05) is 0 Å². The minimum absolute atomic E-state index is 0.264. The predicted molar refractivity (Wildman–Crippen MR) is 66.6 cm³/mol. The van der Waals surface area contributed by atoms with Gasteiger partial charge in [-0.05, 0) is 37.1 Å². The van der Waals surface area contributed by atoms with E-state index in [1.165, 1.54) is 19.1 Å². The Labute approximate surface area is 107 Å². The number of tetrazole rings is 1. The van der Waals surface area contributed by atoms with E-state index in [4.69, 9.17) is 0 Å². The van der Waals surface area contributed by atoms with Gasteiger partial charge < -0.3 is 5.32 Å².